The molecule has 3 amide bonds. The number of piperidine rings is 3. The van der Waals surface area contributed by atoms with Crippen LogP contribution < -0.4 is 10.2 Å². The molecule has 1 unspecified atom stereocenters. The molecule has 36 heavy (non-hydrogen) atoms. The Morgan fingerprint density at radius 2 is 1.75 bits per heavy atom. The third kappa shape index (κ3) is 5.03. The van der Waals surface area contributed by atoms with E-state index in [1.165, 1.54) is 6.42 Å². The Morgan fingerprint density at radius 3 is 2.42 bits per heavy atom. The summed E-state index contributed by atoms with van der Waals surface area (Å²) in [6.07, 6.45) is 6.28. The summed E-state index contributed by atoms with van der Waals surface area (Å²) >= 11 is 0. The van der Waals surface area contributed by atoms with Gasteiger partial charge in [-0.05, 0) is 69.4 Å². The van der Waals surface area contributed by atoms with Gasteiger partial charge >= 0.3 is 6.09 Å². The average molecular weight is 497 g/mol. The summed E-state index contributed by atoms with van der Waals surface area (Å²) in [5, 5.41) is 7.92. The lowest BCUT2D eigenvalue weighted by Gasteiger charge is -2.37. The number of nitrogens with one attached hydrogen (secondary N) is 1. The lowest BCUT2D eigenvalue weighted by molar-refractivity contribution is -0.134. The zero-order valence-corrected chi connectivity index (χ0v) is 21.2. The molecular formula is C26H36N6O4. The van der Waals surface area contributed by atoms with E-state index >= 15 is 0 Å². The van der Waals surface area contributed by atoms with Crippen LogP contribution in [0.4, 0.5) is 10.6 Å². The molecule has 0 bridgehead atoms. The number of aryl methyl sites for hydroxylation is 1. The van der Waals surface area contributed by atoms with Crippen LogP contribution in [0.25, 0.3) is 11.0 Å². The molecule has 10 heteroatoms. The van der Waals surface area contributed by atoms with Gasteiger partial charge in [-0.2, -0.15) is 5.10 Å². The molecule has 194 valence electrons. The summed E-state index contributed by atoms with van der Waals surface area (Å²) in [5.74, 6) is 1.42. The van der Waals surface area contributed by atoms with Gasteiger partial charge in [0.25, 0.3) is 0 Å². The van der Waals surface area contributed by atoms with E-state index in [0.29, 0.717) is 37.0 Å². The summed E-state index contributed by atoms with van der Waals surface area (Å²) in [4.78, 5) is 45.0. The van der Waals surface area contributed by atoms with E-state index < -0.39 is 5.92 Å². The molecule has 3 aliphatic rings. The number of carbonyl (C=O) groups is 3. The van der Waals surface area contributed by atoms with E-state index in [9.17, 15) is 14.4 Å². The Balaban J connectivity index is 1.17. The number of ether oxygens (including phenoxy) is 1. The van der Waals surface area contributed by atoms with Gasteiger partial charge in [0, 0.05) is 45.0 Å². The number of amides is 3. The summed E-state index contributed by atoms with van der Waals surface area (Å²) in [5.41, 5.74) is 1.46. The Bertz CT molecular complexity index is 1130. The maximum atomic E-state index is 12.4. The predicted octanol–water partition coefficient (Wildman–Crippen LogP) is 2.96. The van der Waals surface area contributed by atoms with Crippen LogP contribution in [-0.2, 0) is 21.4 Å². The minimum Gasteiger partial charge on any atom is -0.450 e. The Hall–Kier alpha value is -3.17. The standard InChI is InChI=1S/C26H36N6O4/c1-3-36-26(35)32-14-10-18(11-15-32)16-17-8-12-31(13-9-17)21-6-4-19-23(29-30(2)24(19)27-21)20-5-7-22(33)28-25(20)34/h4,6,17-18,20H,3,5,7-16H2,1-2H3,(H,28,33,34). The number of likely N-dealkylation sites (tertiary alicyclic amines) is 1. The number of carbonyl (C=O) groups excluding carboxylic acids is 3. The molecule has 2 aromatic rings. The Morgan fingerprint density at radius 1 is 1.06 bits per heavy atom. The first-order valence-electron chi connectivity index (χ1n) is 13.3. The van der Waals surface area contributed by atoms with Crippen molar-refractivity contribution in [3.8, 4) is 0 Å². The van der Waals surface area contributed by atoms with Gasteiger partial charge in [-0.15, -0.1) is 0 Å². The second-order valence-electron chi connectivity index (χ2n) is 10.3. The molecule has 3 aliphatic heterocycles. The third-order valence-corrected chi connectivity index (χ3v) is 8.02. The quantitative estimate of drug-likeness (QED) is 0.634. The lowest BCUT2D eigenvalue weighted by atomic mass is 9.83. The molecule has 0 aromatic carbocycles. The summed E-state index contributed by atoms with van der Waals surface area (Å²) in [6.45, 7) is 5.84. The van der Waals surface area contributed by atoms with Gasteiger partial charge in [-0.25, -0.2) is 9.78 Å². The third-order valence-electron chi connectivity index (χ3n) is 8.02. The molecule has 5 rings (SSSR count). The van der Waals surface area contributed by atoms with Gasteiger partial charge in [0.1, 0.15) is 5.82 Å². The zero-order valence-electron chi connectivity index (χ0n) is 21.2. The first kappa shape index (κ1) is 24.5. The van der Waals surface area contributed by atoms with Crippen LogP contribution in [0.2, 0.25) is 0 Å². The van der Waals surface area contributed by atoms with Crippen LogP contribution in [0.15, 0.2) is 12.1 Å². The molecule has 0 spiro atoms. The highest BCUT2D eigenvalue weighted by Crippen LogP contribution is 2.33. The predicted molar refractivity (Wildman–Crippen MR) is 135 cm³/mol. The first-order chi connectivity index (χ1) is 17.4. The smallest absolute Gasteiger partial charge is 0.409 e. The Labute approximate surface area is 211 Å². The van der Waals surface area contributed by atoms with Gasteiger partial charge in [-0.3, -0.25) is 19.6 Å². The van der Waals surface area contributed by atoms with Crippen molar-refractivity contribution < 1.29 is 19.1 Å². The number of fused-ring (bicyclic) bond motifs is 1. The summed E-state index contributed by atoms with van der Waals surface area (Å²) in [6, 6.07) is 4.05. The van der Waals surface area contributed by atoms with Crippen molar-refractivity contribution in [2.24, 2.45) is 18.9 Å². The van der Waals surface area contributed by atoms with E-state index in [1.54, 1.807) is 4.68 Å². The van der Waals surface area contributed by atoms with E-state index in [1.807, 2.05) is 31.0 Å². The van der Waals surface area contributed by atoms with Crippen LogP contribution in [0.5, 0.6) is 0 Å². The molecule has 0 radical (unpaired) electrons. The normalized spacial score (nSPS) is 22.2. The van der Waals surface area contributed by atoms with Gasteiger partial charge in [-0.1, -0.05) is 0 Å². The van der Waals surface area contributed by atoms with E-state index in [-0.39, 0.29) is 17.9 Å². The molecular weight excluding hydrogens is 460 g/mol. The minimum absolute atomic E-state index is 0.175. The van der Waals surface area contributed by atoms with E-state index in [0.717, 1.165) is 68.7 Å². The molecule has 0 aliphatic carbocycles. The van der Waals surface area contributed by atoms with Crippen LogP contribution in [0.3, 0.4) is 0 Å². The highest BCUT2D eigenvalue weighted by molar-refractivity contribution is 6.02. The van der Waals surface area contributed by atoms with Crippen molar-refractivity contribution in [1.29, 1.82) is 0 Å². The van der Waals surface area contributed by atoms with Crippen molar-refractivity contribution in [3.63, 3.8) is 0 Å². The fourth-order valence-corrected chi connectivity index (χ4v) is 5.97. The van der Waals surface area contributed by atoms with Crippen LogP contribution in [0.1, 0.15) is 63.5 Å². The summed E-state index contributed by atoms with van der Waals surface area (Å²) in [7, 11) is 1.86. The molecule has 3 saturated heterocycles. The van der Waals surface area contributed by atoms with E-state index in [4.69, 9.17) is 9.72 Å². The van der Waals surface area contributed by atoms with Crippen LogP contribution in [-0.4, -0.2) is 70.4 Å². The molecule has 5 heterocycles. The molecule has 2 aromatic heterocycles. The number of imide groups is 1. The van der Waals surface area contributed by atoms with Gasteiger partial charge in [0.2, 0.25) is 11.8 Å². The fourth-order valence-electron chi connectivity index (χ4n) is 5.97. The number of pyridine rings is 1. The molecule has 1 atom stereocenters. The topological polar surface area (TPSA) is 110 Å². The van der Waals surface area contributed by atoms with Crippen molar-refractivity contribution >= 4 is 34.8 Å². The molecule has 0 saturated carbocycles. The van der Waals surface area contributed by atoms with Gasteiger partial charge in [0.15, 0.2) is 5.65 Å². The lowest BCUT2D eigenvalue weighted by Crippen LogP contribution is -2.40. The van der Waals surface area contributed by atoms with Crippen molar-refractivity contribution in [1.82, 2.24) is 25.0 Å². The van der Waals surface area contributed by atoms with Crippen LogP contribution in [0, 0.1) is 11.8 Å². The maximum absolute atomic E-state index is 12.4. The highest BCUT2D eigenvalue weighted by atomic mass is 16.6. The molecule has 3 fully saturated rings. The molecule has 1 N–H and O–H groups in total. The minimum atomic E-state index is -0.418. The Kier molecular flexibility index (Phi) is 7.11. The number of anilines is 1. The van der Waals surface area contributed by atoms with E-state index in [2.05, 4.69) is 15.3 Å². The number of aromatic nitrogens is 3. The average Bonchev–Trinajstić information content (AvgIpc) is 3.20. The second kappa shape index (κ2) is 10.4. The number of hydrogen-bond donors (Lipinski definition) is 1. The zero-order chi connectivity index (χ0) is 25.2. The van der Waals surface area contributed by atoms with Gasteiger partial charge < -0.3 is 14.5 Å². The highest BCUT2D eigenvalue weighted by Gasteiger charge is 2.32. The largest absolute Gasteiger partial charge is 0.450 e. The van der Waals surface area contributed by atoms with Crippen molar-refractivity contribution in [2.45, 2.75) is 57.8 Å². The number of nitrogens with zero attached hydrogens (tertiary/aromatic N) is 5. The maximum Gasteiger partial charge on any atom is 0.409 e. The van der Waals surface area contributed by atoms with Crippen molar-refractivity contribution in [3.05, 3.63) is 17.8 Å². The van der Waals surface area contributed by atoms with Gasteiger partial charge in [0.05, 0.1) is 18.2 Å². The van der Waals surface area contributed by atoms with Crippen molar-refractivity contribution in [2.75, 3.05) is 37.7 Å². The SMILES string of the molecule is CCOC(=O)N1CCC(CC2CCN(c3ccc4c(C5CCC(=O)NC5=O)nn(C)c4n3)CC2)CC1. The number of rotatable bonds is 5. The summed E-state index contributed by atoms with van der Waals surface area (Å²) < 4.78 is 6.88. The van der Waals surface area contributed by atoms with Crippen LogP contribution >= 0.6 is 0 Å². The first-order valence-corrected chi connectivity index (χ1v) is 13.3. The number of hydrogen-bond acceptors (Lipinski definition) is 7. The monoisotopic (exact) mass is 496 g/mol. The molecule has 10 nitrogen and oxygen atoms in total. The fraction of sp³-hybridized carbons (Fsp3) is 0.654. The second-order valence-corrected chi connectivity index (χ2v) is 10.3.